The molecule has 0 fully saturated rings. The minimum Gasteiger partial charge on any atom is -0.461 e. The first kappa shape index (κ1) is 30.4. The van der Waals surface area contributed by atoms with Crippen molar-refractivity contribution in [2.24, 2.45) is 0 Å². The largest absolute Gasteiger partial charge is 0.461 e. The van der Waals surface area contributed by atoms with Gasteiger partial charge in [0.05, 0.1) is 6.61 Å². The number of nitrogens with zero attached hydrogens (tertiary/aromatic N) is 1. The summed E-state index contributed by atoms with van der Waals surface area (Å²) in [4.78, 5) is 10.8. The van der Waals surface area contributed by atoms with Crippen LogP contribution >= 0.6 is 0 Å². The minimum atomic E-state index is -0.448. The second kappa shape index (κ2) is 29.5. The van der Waals surface area contributed by atoms with Gasteiger partial charge in [0, 0.05) is 30.0 Å². The molecule has 0 aliphatic carbocycles. The summed E-state index contributed by atoms with van der Waals surface area (Å²) in [5.41, 5.74) is 0.210. The van der Waals surface area contributed by atoms with Crippen LogP contribution in [-0.4, -0.2) is 41.6 Å². The Kier molecular flexibility index (Phi) is 38.9. The van der Waals surface area contributed by atoms with Gasteiger partial charge in [-0.2, -0.15) is 0 Å². The molecule has 1 aromatic rings. The van der Waals surface area contributed by atoms with Crippen LogP contribution in [0.2, 0.25) is 0 Å². The van der Waals surface area contributed by atoms with E-state index in [4.69, 9.17) is 0 Å². The molecule has 0 aromatic carbocycles. The predicted octanol–water partition coefficient (Wildman–Crippen LogP) is 5.89. The van der Waals surface area contributed by atoms with Crippen molar-refractivity contribution in [2.75, 3.05) is 6.61 Å². The van der Waals surface area contributed by atoms with Crippen LogP contribution in [0.15, 0.2) is 16.9 Å². The average Bonchev–Trinajstić information content (AvgIpc) is 3.10. The molecule has 0 amide bonds. The third kappa shape index (κ3) is 30.0. The maximum Gasteiger partial charge on any atom is 0.360 e. The van der Waals surface area contributed by atoms with E-state index in [0.29, 0.717) is 6.61 Å². The quantitative estimate of drug-likeness (QED) is 0.429. The zero-order valence-electron chi connectivity index (χ0n) is 16.3. The molecule has 0 saturated carbocycles. The zero-order valence-corrected chi connectivity index (χ0v) is 19.1. The van der Waals surface area contributed by atoms with Gasteiger partial charge >= 0.3 is 5.97 Å². The number of carbonyl (C=O) groups excluding carboxylic acids is 1. The summed E-state index contributed by atoms with van der Waals surface area (Å²) in [5, 5.41) is 3.39. The second-order valence-corrected chi connectivity index (χ2v) is 4.61. The fraction of sp³-hybridized carbons (Fsp3) is 0.778. The monoisotopic (exact) mass is 435 g/mol. The third-order valence-electron chi connectivity index (χ3n) is 2.42. The first-order valence-electron chi connectivity index (χ1n) is 8.66. The van der Waals surface area contributed by atoms with E-state index in [1.54, 1.807) is 6.92 Å². The van der Waals surface area contributed by atoms with Crippen LogP contribution in [0.4, 0.5) is 0 Å². The smallest absolute Gasteiger partial charge is 0.360 e. The normalized spacial score (nSPS) is 7.96. The maximum absolute atomic E-state index is 10.8. The van der Waals surface area contributed by atoms with Crippen molar-refractivity contribution in [1.82, 2.24) is 5.16 Å². The van der Waals surface area contributed by atoms with Crippen LogP contribution in [0, 0.1) is 0 Å². The van der Waals surface area contributed by atoms with Crippen molar-refractivity contribution >= 4 is 29.9 Å². The molecule has 5 heteroatoms. The van der Waals surface area contributed by atoms with Gasteiger partial charge in [0.15, 0.2) is 5.69 Å². The summed E-state index contributed by atoms with van der Waals surface area (Å²) in [6.45, 7) is 15.2. The van der Waals surface area contributed by atoms with E-state index >= 15 is 0 Å². The van der Waals surface area contributed by atoms with Gasteiger partial charge in [0.2, 0.25) is 0 Å². The van der Waals surface area contributed by atoms with Crippen LogP contribution in [0.5, 0.6) is 0 Å². The van der Waals surface area contributed by atoms with Crippen LogP contribution in [0.25, 0.3) is 0 Å². The molecule has 1 heterocycles. The summed E-state index contributed by atoms with van der Waals surface area (Å²) in [6, 6.07) is 1.46. The van der Waals surface area contributed by atoms with Crippen molar-refractivity contribution in [3.63, 3.8) is 0 Å². The van der Waals surface area contributed by atoms with Crippen LogP contribution in [0.3, 0.4) is 0 Å². The zero-order chi connectivity index (χ0) is 17.6. The Bertz CT molecular complexity index is 275. The van der Waals surface area contributed by atoms with Gasteiger partial charge in [-0.3, -0.25) is 0 Å². The molecular weight excluding hydrogens is 397 g/mol. The number of esters is 1. The molecule has 0 aliphatic heterocycles. The van der Waals surface area contributed by atoms with Crippen molar-refractivity contribution in [1.29, 1.82) is 0 Å². The number of carbonyl (C=O) groups is 1. The van der Waals surface area contributed by atoms with E-state index in [9.17, 15) is 4.79 Å². The van der Waals surface area contributed by atoms with Gasteiger partial charge < -0.3 is 9.26 Å². The Morgan fingerprint density at radius 2 is 1.30 bits per heavy atom. The number of rotatable bonds is 5. The maximum atomic E-state index is 10.8. The number of hydrogen-bond donors (Lipinski definition) is 0. The van der Waals surface area contributed by atoms with Crippen molar-refractivity contribution in [2.45, 2.75) is 87.0 Å². The first-order valence-corrected chi connectivity index (χ1v) is 8.66. The standard InChI is InChI=1S/C6H7NO3.3C4H10.Sn/c1-2-9-6(8)5-3-4-10-7-5;3*1-3-4-2;/h3-4H,2H2,1H3;3*3-4H2,1-2H3;. The Balaban J connectivity index is -0.000000118. The van der Waals surface area contributed by atoms with Gasteiger partial charge in [-0.05, 0) is 6.92 Å². The van der Waals surface area contributed by atoms with E-state index in [0.717, 1.165) is 0 Å². The topological polar surface area (TPSA) is 52.3 Å². The van der Waals surface area contributed by atoms with Gasteiger partial charge in [0.1, 0.15) is 6.26 Å². The molecule has 4 radical (unpaired) electrons. The molecule has 0 aliphatic rings. The Morgan fingerprint density at radius 3 is 1.52 bits per heavy atom. The summed E-state index contributed by atoms with van der Waals surface area (Å²) < 4.78 is 9.06. The number of ether oxygens (including phenoxy) is 1. The first-order chi connectivity index (χ1) is 10.6. The summed E-state index contributed by atoms with van der Waals surface area (Å²) in [7, 11) is 0. The van der Waals surface area contributed by atoms with Crippen LogP contribution in [0.1, 0.15) is 97.5 Å². The van der Waals surface area contributed by atoms with Gasteiger partial charge in [0.25, 0.3) is 0 Å². The fourth-order valence-corrected chi connectivity index (χ4v) is 0.523. The molecule has 0 unspecified atom stereocenters. The molecule has 0 saturated heterocycles. The molecule has 0 N–H and O–H groups in total. The molecule has 23 heavy (non-hydrogen) atoms. The molecule has 1 aromatic heterocycles. The van der Waals surface area contributed by atoms with Gasteiger partial charge in [-0.1, -0.05) is 85.2 Å². The fourth-order valence-electron chi connectivity index (χ4n) is 0.523. The molecule has 4 nitrogen and oxygen atoms in total. The summed E-state index contributed by atoms with van der Waals surface area (Å²) in [5.74, 6) is -0.448. The number of hydrogen-bond acceptors (Lipinski definition) is 4. The Morgan fingerprint density at radius 1 is 0.913 bits per heavy atom. The van der Waals surface area contributed by atoms with E-state index in [1.165, 1.54) is 50.9 Å². The molecule has 1 rings (SSSR count). The van der Waals surface area contributed by atoms with Crippen molar-refractivity contribution < 1.29 is 14.1 Å². The average molecular weight is 434 g/mol. The predicted molar refractivity (Wildman–Crippen MR) is 100.0 cm³/mol. The minimum absolute atomic E-state index is 0. The van der Waals surface area contributed by atoms with Crippen LogP contribution < -0.4 is 0 Å². The Hall–Kier alpha value is -0.521. The Labute approximate surface area is 160 Å². The number of aromatic nitrogens is 1. The summed E-state index contributed by atoms with van der Waals surface area (Å²) in [6.07, 6.45) is 9.24. The molecule has 136 valence electrons. The third-order valence-corrected chi connectivity index (χ3v) is 2.42. The van der Waals surface area contributed by atoms with Gasteiger partial charge in [-0.15, -0.1) is 0 Å². The molecular formula is C18H37NO3Sn. The van der Waals surface area contributed by atoms with Crippen molar-refractivity contribution in [3.05, 3.63) is 18.0 Å². The molecule has 0 atom stereocenters. The molecule has 0 bridgehead atoms. The van der Waals surface area contributed by atoms with E-state index in [1.807, 2.05) is 0 Å². The van der Waals surface area contributed by atoms with Crippen molar-refractivity contribution in [3.8, 4) is 0 Å². The summed E-state index contributed by atoms with van der Waals surface area (Å²) >= 11 is 0. The van der Waals surface area contributed by atoms with E-state index in [2.05, 4.69) is 56.0 Å². The van der Waals surface area contributed by atoms with Gasteiger partial charge in [-0.25, -0.2) is 4.79 Å². The number of unbranched alkanes of at least 4 members (excludes halogenated alkanes) is 3. The molecule has 0 spiro atoms. The second-order valence-electron chi connectivity index (χ2n) is 4.61. The van der Waals surface area contributed by atoms with E-state index in [-0.39, 0.29) is 29.6 Å². The van der Waals surface area contributed by atoms with E-state index < -0.39 is 5.97 Å². The van der Waals surface area contributed by atoms with Crippen LogP contribution in [-0.2, 0) is 4.74 Å². The SMILES string of the molecule is CCCC.CCCC.CCCC.CCOC(=O)c1ccon1.[Sn].